The second-order valence-corrected chi connectivity index (χ2v) is 4.43. The van der Waals surface area contributed by atoms with Crippen LogP contribution >= 0.6 is 0 Å². The summed E-state index contributed by atoms with van der Waals surface area (Å²) in [7, 11) is 1.58. The van der Waals surface area contributed by atoms with E-state index < -0.39 is 23.8 Å². The molecule has 8 heteroatoms. The smallest absolute Gasteiger partial charge is 0.341 e. The number of aryl methyl sites for hydroxylation is 2. The fourth-order valence-corrected chi connectivity index (χ4v) is 2.20. The van der Waals surface area contributed by atoms with Crippen molar-refractivity contribution in [3.8, 4) is 0 Å². The molecule has 1 fully saturated rings. The molecule has 2 rings (SSSR count). The fourth-order valence-electron chi connectivity index (χ4n) is 2.20. The van der Waals surface area contributed by atoms with E-state index >= 15 is 0 Å². The van der Waals surface area contributed by atoms with Crippen molar-refractivity contribution in [3.05, 3.63) is 11.3 Å². The Morgan fingerprint density at radius 2 is 2.11 bits per heavy atom. The second kappa shape index (κ2) is 4.38. The summed E-state index contributed by atoms with van der Waals surface area (Å²) in [5, 5.41) is 15.5. The average molecular weight is 266 g/mol. The summed E-state index contributed by atoms with van der Waals surface area (Å²) in [4.78, 5) is 35.8. The van der Waals surface area contributed by atoms with Crippen LogP contribution in [0.25, 0.3) is 0 Å². The number of piperazine rings is 1. The first-order chi connectivity index (χ1) is 8.82. The van der Waals surface area contributed by atoms with E-state index in [9.17, 15) is 19.5 Å². The van der Waals surface area contributed by atoms with Gasteiger partial charge in [0, 0.05) is 7.05 Å². The number of aromatic carboxylic acids is 1. The van der Waals surface area contributed by atoms with Gasteiger partial charge in [0.05, 0.1) is 12.2 Å². The zero-order valence-corrected chi connectivity index (χ0v) is 10.8. The molecule has 2 amide bonds. The first-order valence-corrected chi connectivity index (χ1v) is 5.70. The number of carboxylic acid groups (broad SMARTS) is 1. The van der Waals surface area contributed by atoms with Gasteiger partial charge in [-0.1, -0.05) is 0 Å². The number of anilines is 1. The summed E-state index contributed by atoms with van der Waals surface area (Å²) in [6.07, 6.45) is 0. The van der Waals surface area contributed by atoms with E-state index in [0.717, 1.165) is 0 Å². The number of nitrogens with one attached hydrogen (secondary N) is 1. The molecule has 0 saturated carbocycles. The average Bonchev–Trinajstić information content (AvgIpc) is 2.58. The van der Waals surface area contributed by atoms with Gasteiger partial charge in [-0.2, -0.15) is 5.10 Å². The monoisotopic (exact) mass is 266 g/mol. The maximum absolute atomic E-state index is 11.6. The highest BCUT2D eigenvalue weighted by Crippen LogP contribution is 2.26. The summed E-state index contributed by atoms with van der Waals surface area (Å²) in [5.74, 6) is -1.78. The van der Waals surface area contributed by atoms with Gasteiger partial charge in [-0.3, -0.25) is 19.6 Å². The molecule has 8 nitrogen and oxygen atoms in total. The predicted octanol–water partition coefficient (Wildman–Crippen LogP) is -0.722. The van der Waals surface area contributed by atoms with Gasteiger partial charge in [-0.05, 0) is 13.8 Å². The highest BCUT2D eigenvalue weighted by atomic mass is 16.4. The largest absolute Gasteiger partial charge is 0.477 e. The van der Waals surface area contributed by atoms with Crippen LogP contribution < -0.4 is 10.2 Å². The van der Waals surface area contributed by atoms with Crippen molar-refractivity contribution < 1.29 is 19.5 Å². The molecule has 0 radical (unpaired) electrons. The molecule has 1 unspecified atom stereocenters. The third kappa shape index (κ3) is 2.05. The SMILES string of the molecule is Cc1nn(C)c(N2CC(=O)NC(=O)C2C)c1C(=O)O. The highest BCUT2D eigenvalue weighted by Gasteiger charge is 2.35. The van der Waals surface area contributed by atoms with E-state index in [0.29, 0.717) is 5.69 Å². The van der Waals surface area contributed by atoms with Crippen LogP contribution in [-0.4, -0.2) is 45.3 Å². The Labute approximate surface area is 109 Å². The lowest BCUT2D eigenvalue weighted by Gasteiger charge is -2.33. The molecule has 102 valence electrons. The molecule has 19 heavy (non-hydrogen) atoms. The van der Waals surface area contributed by atoms with Crippen LogP contribution in [0, 0.1) is 6.92 Å². The van der Waals surface area contributed by atoms with Crippen molar-refractivity contribution >= 4 is 23.6 Å². The van der Waals surface area contributed by atoms with Crippen molar-refractivity contribution in [1.29, 1.82) is 0 Å². The van der Waals surface area contributed by atoms with E-state index in [1.54, 1.807) is 20.9 Å². The van der Waals surface area contributed by atoms with Gasteiger partial charge < -0.3 is 10.0 Å². The summed E-state index contributed by atoms with van der Waals surface area (Å²) >= 11 is 0. The van der Waals surface area contributed by atoms with E-state index in [2.05, 4.69) is 10.4 Å². The van der Waals surface area contributed by atoms with Crippen LogP contribution in [0.3, 0.4) is 0 Å². The lowest BCUT2D eigenvalue weighted by molar-refractivity contribution is -0.132. The van der Waals surface area contributed by atoms with Crippen molar-refractivity contribution in [2.24, 2.45) is 7.05 Å². The minimum absolute atomic E-state index is 0.0110. The summed E-state index contributed by atoms with van der Waals surface area (Å²) in [5.41, 5.74) is 0.354. The van der Waals surface area contributed by atoms with Crippen LogP contribution in [0.1, 0.15) is 23.0 Å². The van der Waals surface area contributed by atoms with Gasteiger partial charge >= 0.3 is 5.97 Å². The molecule has 1 atom stereocenters. The number of rotatable bonds is 2. The van der Waals surface area contributed by atoms with Gasteiger partial charge in [0.15, 0.2) is 0 Å². The molecule has 1 saturated heterocycles. The Balaban J connectivity index is 2.54. The number of nitrogens with zero attached hydrogens (tertiary/aromatic N) is 3. The Morgan fingerprint density at radius 1 is 1.47 bits per heavy atom. The Bertz CT molecular complexity index is 577. The van der Waals surface area contributed by atoms with Crippen LogP contribution in [-0.2, 0) is 16.6 Å². The predicted molar refractivity (Wildman–Crippen MR) is 64.9 cm³/mol. The molecular formula is C11H14N4O4. The van der Waals surface area contributed by atoms with E-state index in [-0.39, 0.29) is 17.9 Å². The topological polar surface area (TPSA) is 105 Å². The van der Waals surface area contributed by atoms with Crippen LogP contribution in [0.15, 0.2) is 0 Å². The third-order valence-corrected chi connectivity index (χ3v) is 3.10. The quantitative estimate of drug-likeness (QED) is 0.684. The van der Waals surface area contributed by atoms with Crippen molar-refractivity contribution in [2.75, 3.05) is 11.4 Å². The highest BCUT2D eigenvalue weighted by molar-refractivity contribution is 6.05. The fraction of sp³-hybridized carbons (Fsp3) is 0.455. The molecule has 1 aromatic rings. The maximum atomic E-state index is 11.6. The van der Waals surface area contributed by atoms with Crippen molar-refractivity contribution in [1.82, 2.24) is 15.1 Å². The van der Waals surface area contributed by atoms with Crippen LogP contribution in [0.4, 0.5) is 5.82 Å². The van der Waals surface area contributed by atoms with Crippen molar-refractivity contribution in [3.63, 3.8) is 0 Å². The van der Waals surface area contributed by atoms with E-state index in [1.165, 1.54) is 9.58 Å². The third-order valence-electron chi connectivity index (χ3n) is 3.10. The molecule has 1 aliphatic rings. The number of amides is 2. The van der Waals surface area contributed by atoms with Gasteiger partial charge in [-0.15, -0.1) is 0 Å². The summed E-state index contributed by atoms with van der Waals surface area (Å²) < 4.78 is 1.38. The number of carboxylic acids is 1. The molecule has 2 heterocycles. The first-order valence-electron chi connectivity index (χ1n) is 5.70. The standard InChI is InChI=1S/C11H14N4O4/c1-5-8(11(18)19)10(14(3)13-5)15-4-7(16)12-9(17)6(15)2/h6H,4H2,1-3H3,(H,18,19)(H,12,16,17). The zero-order chi connectivity index (χ0) is 14.3. The lowest BCUT2D eigenvalue weighted by atomic mass is 10.1. The van der Waals surface area contributed by atoms with Crippen LogP contribution in [0.5, 0.6) is 0 Å². The van der Waals surface area contributed by atoms with Gasteiger partial charge in [0.25, 0.3) is 0 Å². The molecule has 0 bridgehead atoms. The van der Waals surface area contributed by atoms with Crippen LogP contribution in [0.2, 0.25) is 0 Å². The normalized spacial score (nSPS) is 19.5. The second-order valence-electron chi connectivity index (χ2n) is 4.43. The molecular weight excluding hydrogens is 252 g/mol. The number of imide groups is 1. The Hall–Kier alpha value is -2.38. The molecule has 0 aliphatic carbocycles. The zero-order valence-electron chi connectivity index (χ0n) is 10.8. The molecule has 1 aliphatic heterocycles. The Kier molecular flexibility index (Phi) is 3.01. The number of carbonyl (C=O) groups excluding carboxylic acids is 2. The van der Waals surface area contributed by atoms with Gasteiger partial charge in [0.1, 0.15) is 17.4 Å². The molecule has 2 N–H and O–H groups in total. The van der Waals surface area contributed by atoms with Gasteiger partial charge in [0.2, 0.25) is 11.8 Å². The minimum atomic E-state index is -1.13. The summed E-state index contributed by atoms with van der Waals surface area (Å²) in [6, 6.07) is -0.634. The minimum Gasteiger partial charge on any atom is -0.477 e. The maximum Gasteiger partial charge on any atom is 0.341 e. The number of carbonyl (C=O) groups is 3. The molecule has 0 spiro atoms. The number of hydrogen-bond donors (Lipinski definition) is 2. The van der Waals surface area contributed by atoms with Crippen molar-refractivity contribution in [2.45, 2.75) is 19.9 Å². The Morgan fingerprint density at radius 3 is 2.68 bits per heavy atom. The number of aromatic nitrogens is 2. The molecule has 1 aromatic heterocycles. The first kappa shape index (κ1) is 13.1. The van der Waals surface area contributed by atoms with Gasteiger partial charge in [-0.25, -0.2) is 4.79 Å². The molecule has 0 aromatic carbocycles. The summed E-state index contributed by atoms with van der Waals surface area (Å²) in [6.45, 7) is 3.10. The van der Waals surface area contributed by atoms with E-state index in [1.807, 2.05) is 0 Å². The number of hydrogen-bond acceptors (Lipinski definition) is 5. The van der Waals surface area contributed by atoms with E-state index in [4.69, 9.17) is 0 Å². The lowest BCUT2D eigenvalue weighted by Crippen LogP contribution is -2.57.